The summed E-state index contributed by atoms with van der Waals surface area (Å²) in [6, 6.07) is 6.46. The Hall–Kier alpha value is -1.42. The maximum atomic E-state index is 4.62. The van der Waals surface area contributed by atoms with Crippen LogP contribution in [0.15, 0.2) is 29.4 Å². The molecule has 1 unspecified atom stereocenters. The summed E-state index contributed by atoms with van der Waals surface area (Å²) in [5, 5.41) is 15.0. The van der Waals surface area contributed by atoms with Gasteiger partial charge < -0.3 is 15.5 Å². The van der Waals surface area contributed by atoms with E-state index in [0.29, 0.717) is 12.6 Å². The van der Waals surface area contributed by atoms with Crippen molar-refractivity contribution in [2.45, 2.75) is 39.8 Å². The van der Waals surface area contributed by atoms with Crippen LogP contribution in [0.4, 0.5) is 0 Å². The number of hydrogen-bond donors (Lipinski definition) is 2. The molecule has 0 amide bonds. The molecule has 0 radical (unpaired) electrons. The number of rotatable bonds is 8. The van der Waals surface area contributed by atoms with E-state index in [9.17, 15) is 0 Å². The Morgan fingerprint density at radius 3 is 2.80 bits per heavy atom. The summed E-state index contributed by atoms with van der Waals surface area (Å²) in [5.41, 5.74) is 0.843. The summed E-state index contributed by atoms with van der Waals surface area (Å²) >= 11 is 0. The zero-order valence-electron chi connectivity index (χ0n) is 15.6. The minimum atomic E-state index is 0. The Morgan fingerprint density at radius 1 is 1.28 bits per heavy atom. The van der Waals surface area contributed by atoms with Crippen LogP contribution in [0.2, 0.25) is 0 Å². The SMILES string of the molecule is CCNC(=NCc1nnc2ccccn12)NCCN(C)C(C)CC.I. The molecule has 7 nitrogen and oxygen atoms in total. The first kappa shape index (κ1) is 21.6. The minimum absolute atomic E-state index is 0. The van der Waals surface area contributed by atoms with Crippen LogP contribution >= 0.6 is 24.0 Å². The van der Waals surface area contributed by atoms with Gasteiger partial charge in [0.1, 0.15) is 6.54 Å². The number of hydrogen-bond acceptors (Lipinski definition) is 4. The minimum Gasteiger partial charge on any atom is -0.357 e. The van der Waals surface area contributed by atoms with Crippen LogP contribution in [0.3, 0.4) is 0 Å². The number of nitrogens with one attached hydrogen (secondary N) is 2. The molecule has 0 aliphatic rings. The number of nitrogens with zero attached hydrogens (tertiary/aromatic N) is 5. The van der Waals surface area contributed by atoms with Crippen molar-refractivity contribution in [3.05, 3.63) is 30.2 Å². The Bertz CT molecular complexity index is 655. The normalized spacial score (nSPS) is 12.9. The molecule has 1 atom stereocenters. The van der Waals surface area contributed by atoms with Gasteiger partial charge in [0.15, 0.2) is 17.4 Å². The van der Waals surface area contributed by atoms with E-state index in [1.807, 2.05) is 28.8 Å². The van der Waals surface area contributed by atoms with Crippen molar-refractivity contribution in [2.75, 3.05) is 26.7 Å². The summed E-state index contributed by atoms with van der Waals surface area (Å²) in [5.74, 6) is 1.64. The molecule has 0 aliphatic heterocycles. The van der Waals surface area contributed by atoms with Crippen LogP contribution in [-0.2, 0) is 6.54 Å². The van der Waals surface area contributed by atoms with Crippen molar-refractivity contribution in [1.82, 2.24) is 30.1 Å². The number of halogens is 1. The smallest absolute Gasteiger partial charge is 0.191 e. The van der Waals surface area contributed by atoms with Crippen molar-refractivity contribution in [1.29, 1.82) is 0 Å². The first-order chi connectivity index (χ1) is 11.7. The number of fused-ring (bicyclic) bond motifs is 1. The lowest BCUT2D eigenvalue weighted by atomic mass is 10.2. The Morgan fingerprint density at radius 2 is 2.08 bits per heavy atom. The van der Waals surface area contributed by atoms with E-state index in [0.717, 1.165) is 43.5 Å². The van der Waals surface area contributed by atoms with Crippen molar-refractivity contribution in [3.8, 4) is 0 Å². The van der Waals surface area contributed by atoms with Gasteiger partial charge in [0.05, 0.1) is 0 Å². The third-order valence-corrected chi connectivity index (χ3v) is 4.21. The van der Waals surface area contributed by atoms with E-state index in [2.05, 4.69) is 58.5 Å². The predicted octanol–water partition coefficient (Wildman–Crippen LogP) is 2.13. The molecule has 0 fully saturated rings. The first-order valence-electron chi connectivity index (χ1n) is 8.66. The molecule has 0 bridgehead atoms. The average Bonchev–Trinajstić information content (AvgIpc) is 3.02. The summed E-state index contributed by atoms with van der Waals surface area (Å²) in [4.78, 5) is 6.97. The second kappa shape index (κ2) is 11.2. The zero-order chi connectivity index (χ0) is 17.4. The monoisotopic (exact) mass is 459 g/mol. The molecular weight excluding hydrogens is 429 g/mol. The summed E-state index contributed by atoms with van der Waals surface area (Å²) in [6.45, 7) is 9.67. The van der Waals surface area contributed by atoms with E-state index in [4.69, 9.17) is 0 Å². The molecule has 2 aromatic heterocycles. The largest absolute Gasteiger partial charge is 0.357 e. The zero-order valence-corrected chi connectivity index (χ0v) is 17.9. The van der Waals surface area contributed by atoms with Crippen LogP contribution in [0.1, 0.15) is 33.0 Å². The van der Waals surface area contributed by atoms with Crippen molar-refractivity contribution >= 4 is 35.6 Å². The predicted molar refractivity (Wildman–Crippen MR) is 114 cm³/mol. The number of aliphatic imine (C=N–C) groups is 1. The van der Waals surface area contributed by atoms with E-state index in [1.165, 1.54) is 0 Å². The molecule has 0 saturated carbocycles. The van der Waals surface area contributed by atoms with Crippen LogP contribution in [0.25, 0.3) is 5.65 Å². The van der Waals surface area contributed by atoms with Gasteiger partial charge in [-0.2, -0.15) is 0 Å². The van der Waals surface area contributed by atoms with Crippen LogP contribution < -0.4 is 10.6 Å². The van der Waals surface area contributed by atoms with Crippen molar-refractivity contribution in [3.63, 3.8) is 0 Å². The Balaban J connectivity index is 0.00000312. The maximum absolute atomic E-state index is 4.62. The van der Waals surface area contributed by atoms with Gasteiger partial charge in [-0.15, -0.1) is 34.2 Å². The third kappa shape index (κ3) is 6.43. The molecule has 0 aliphatic carbocycles. The topological polar surface area (TPSA) is 69.8 Å². The fourth-order valence-electron chi connectivity index (χ4n) is 2.37. The van der Waals surface area contributed by atoms with Gasteiger partial charge in [0.2, 0.25) is 0 Å². The highest BCUT2D eigenvalue weighted by Crippen LogP contribution is 2.03. The lowest BCUT2D eigenvalue weighted by Gasteiger charge is -2.23. The summed E-state index contributed by atoms with van der Waals surface area (Å²) < 4.78 is 1.96. The number of guanidine groups is 1. The fourth-order valence-corrected chi connectivity index (χ4v) is 2.37. The quantitative estimate of drug-likeness (QED) is 0.360. The van der Waals surface area contributed by atoms with Crippen LogP contribution in [0.5, 0.6) is 0 Å². The molecule has 140 valence electrons. The fraction of sp³-hybridized carbons (Fsp3) is 0.588. The first-order valence-corrected chi connectivity index (χ1v) is 8.66. The third-order valence-electron chi connectivity index (χ3n) is 4.21. The van der Waals surface area contributed by atoms with E-state index in [1.54, 1.807) is 0 Å². The number of likely N-dealkylation sites (N-methyl/N-ethyl adjacent to an activating group) is 1. The van der Waals surface area contributed by atoms with E-state index >= 15 is 0 Å². The Kier molecular flexibility index (Phi) is 9.73. The standard InChI is InChI=1S/C17H29N7.HI/c1-5-14(3)23(4)12-10-19-17(18-6-2)20-13-16-22-21-15-9-7-8-11-24(15)16;/h7-9,11,14H,5-6,10,12-13H2,1-4H3,(H2,18,19,20);1H. The lowest BCUT2D eigenvalue weighted by molar-refractivity contribution is 0.255. The molecule has 0 aromatic carbocycles. The summed E-state index contributed by atoms with van der Waals surface area (Å²) in [7, 11) is 2.16. The van der Waals surface area contributed by atoms with Gasteiger partial charge in [0, 0.05) is 31.9 Å². The van der Waals surface area contributed by atoms with Gasteiger partial charge >= 0.3 is 0 Å². The molecule has 8 heteroatoms. The maximum Gasteiger partial charge on any atom is 0.191 e. The molecule has 0 saturated heterocycles. The van der Waals surface area contributed by atoms with Crippen LogP contribution in [-0.4, -0.2) is 58.2 Å². The molecule has 2 N–H and O–H groups in total. The van der Waals surface area contributed by atoms with Crippen LogP contribution in [0, 0.1) is 0 Å². The molecule has 25 heavy (non-hydrogen) atoms. The van der Waals surface area contributed by atoms with Gasteiger partial charge in [-0.3, -0.25) is 4.40 Å². The Labute approximate surface area is 167 Å². The van der Waals surface area contributed by atoms with E-state index in [-0.39, 0.29) is 24.0 Å². The lowest BCUT2D eigenvalue weighted by Crippen LogP contribution is -2.42. The average molecular weight is 459 g/mol. The second-order valence-electron chi connectivity index (χ2n) is 5.90. The molecular formula is C17H30IN7. The van der Waals surface area contributed by atoms with Gasteiger partial charge in [-0.1, -0.05) is 13.0 Å². The van der Waals surface area contributed by atoms with Gasteiger partial charge in [-0.25, -0.2) is 4.99 Å². The highest BCUT2D eigenvalue weighted by atomic mass is 127. The van der Waals surface area contributed by atoms with Gasteiger partial charge in [-0.05, 0) is 39.4 Å². The summed E-state index contributed by atoms with van der Waals surface area (Å²) in [6.07, 6.45) is 3.12. The van der Waals surface area contributed by atoms with Crippen molar-refractivity contribution in [2.24, 2.45) is 4.99 Å². The highest BCUT2D eigenvalue weighted by Gasteiger charge is 2.07. The molecule has 2 rings (SSSR count). The number of pyridine rings is 1. The van der Waals surface area contributed by atoms with E-state index < -0.39 is 0 Å². The molecule has 2 aromatic rings. The van der Waals surface area contributed by atoms with Gasteiger partial charge in [0.25, 0.3) is 0 Å². The molecule has 0 spiro atoms. The molecule has 2 heterocycles. The van der Waals surface area contributed by atoms with Crippen molar-refractivity contribution < 1.29 is 0 Å². The number of aromatic nitrogens is 3. The highest BCUT2D eigenvalue weighted by molar-refractivity contribution is 14.0. The second-order valence-corrected chi connectivity index (χ2v) is 5.90.